The quantitative estimate of drug-likeness (QED) is 0.366. The van der Waals surface area contributed by atoms with Crippen LogP contribution < -0.4 is 10.2 Å². The molecule has 0 aliphatic carbocycles. The van der Waals surface area contributed by atoms with Gasteiger partial charge < -0.3 is 20.1 Å². The monoisotopic (exact) mass is 440 g/mol. The van der Waals surface area contributed by atoms with Crippen LogP contribution in [0.4, 0.5) is 11.4 Å². The van der Waals surface area contributed by atoms with Crippen molar-refractivity contribution in [3.05, 3.63) is 60.2 Å². The van der Waals surface area contributed by atoms with E-state index in [-0.39, 0.29) is 37.4 Å². The summed E-state index contributed by atoms with van der Waals surface area (Å²) in [5, 5.41) is 12.2. The van der Waals surface area contributed by atoms with Gasteiger partial charge in [0, 0.05) is 30.8 Å². The number of esters is 1. The number of unbranched alkanes of at least 4 members (excludes halogenated alkanes) is 3. The second-order valence-corrected chi connectivity index (χ2v) is 7.52. The van der Waals surface area contributed by atoms with Crippen molar-refractivity contribution in [1.82, 2.24) is 0 Å². The summed E-state index contributed by atoms with van der Waals surface area (Å²) in [7, 11) is 1.38. The summed E-state index contributed by atoms with van der Waals surface area (Å²) < 4.78 is 4.60. The highest BCUT2D eigenvalue weighted by atomic mass is 16.5. The number of hydrogen-bond acceptors (Lipinski definition) is 5. The molecule has 0 atom stereocenters. The number of anilines is 2. The number of hydrogen-bond donors (Lipinski definition) is 2. The molecule has 0 spiro atoms. The second-order valence-electron chi connectivity index (χ2n) is 7.52. The van der Waals surface area contributed by atoms with Crippen molar-refractivity contribution in [1.29, 1.82) is 0 Å². The van der Waals surface area contributed by atoms with Gasteiger partial charge in [-0.2, -0.15) is 0 Å². The van der Waals surface area contributed by atoms with Gasteiger partial charge in [-0.05, 0) is 42.7 Å². The molecule has 2 N–H and O–H groups in total. The Labute approximate surface area is 189 Å². The summed E-state index contributed by atoms with van der Waals surface area (Å²) in [4.78, 5) is 37.5. The summed E-state index contributed by atoms with van der Waals surface area (Å²) in [5.41, 5.74) is 2.27. The minimum Gasteiger partial charge on any atom is -0.469 e. The molecule has 0 aliphatic heterocycles. The lowest BCUT2D eigenvalue weighted by Crippen LogP contribution is -2.34. The number of aliphatic hydroxyl groups is 1. The highest BCUT2D eigenvalue weighted by Crippen LogP contribution is 2.17. The van der Waals surface area contributed by atoms with Crippen molar-refractivity contribution in [2.75, 3.05) is 30.5 Å². The van der Waals surface area contributed by atoms with Crippen LogP contribution in [0.3, 0.4) is 0 Å². The van der Waals surface area contributed by atoms with E-state index >= 15 is 0 Å². The fourth-order valence-electron chi connectivity index (χ4n) is 3.32. The Morgan fingerprint density at radius 1 is 0.906 bits per heavy atom. The lowest BCUT2D eigenvalue weighted by atomic mass is 10.1. The largest absolute Gasteiger partial charge is 0.469 e. The standard InChI is InChI=1S/C25H32N2O5/c1-32-25(31)12-8-3-2-7-11-23(29)26-21-15-13-20(14-16-21)19-24(30)27(17-18-28)22-9-5-4-6-10-22/h4-6,9-10,13-16,28H,2-3,7-8,11-12,17-19H2,1H3,(H,26,29). The van der Waals surface area contributed by atoms with Gasteiger partial charge in [0.1, 0.15) is 0 Å². The molecule has 0 unspecified atom stereocenters. The van der Waals surface area contributed by atoms with Crippen LogP contribution in [-0.2, 0) is 25.5 Å². The van der Waals surface area contributed by atoms with E-state index < -0.39 is 0 Å². The zero-order valence-corrected chi connectivity index (χ0v) is 18.6. The third kappa shape index (κ3) is 8.89. The number of ether oxygens (including phenoxy) is 1. The van der Waals surface area contributed by atoms with E-state index in [1.54, 1.807) is 17.0 Å². The predicted octanol–water partition coefficient (Wildman–Crippen LogP) is 3.71. The van der Waals surface area contributed by atoms with E-state index in [0.717, 1.165) is 36.9 Å². The van der Waals surface area contributed by atoms with Gasteiger partial charge in [-0.15, -0.1) is 0 Å². The average molecular weight is 441 g/mol. The van der Waals surface area contributed by atoms with Crippen LogP contribution in [0.25, 0.3) is 0 Å². The Morgan fingerprint density at radius 2 is 1.56 bits per heavy atom. The molecule has 7 nitrogen and oxygen atoms in total. The fraction of sp³-hybridized carbons (Fsp3) is 0.400. The Balaban J connectivity index is 1.76. The first-order valence-electron chi connectivity index (χ1n) is 11.0. The first-order valence-corrected chi connectivity index (χ1v) is 11.0. The zero-order chi connectivity index (χ0) is 23.2. The third-order valence-electron chi connectivity index (χ3n) is 5.05. The number of carbonyl (C=O) groups is 3. The first kappa shape index (κ1) is 25.1. The Bertz CT molecular complexity index is 852. The molecule has 0 fully saturated rings. The molecule has 0 heterocycles. The van der Waals surface area contributed by atoms with Crippen LogP contribution in [0.5, 0.6) is 0 Å². The van der Waals surface area contributed by atoms with Gasteiger partial charge in [0.15, 0.2) is 0 Å². The minimum absolute atomic E-state index is 0.0556. The van der Waals surface area contributed by atoms with Crippen LogP contribution in [0.1, 0.15) is 44.1 Å². The highest BCUT2D eigenvalue weighted by Gasteiger charge is 2.15. The number of benzene rings is 2. The molecular weight excluding hydrogens is 408 g/mol. The van der Waals surface area contributed by atoms with E-state index in [1.807, 2.05) is 42.5 Å². The molecular formula is C25H32N2O5. The molecule has 0 aliphatic rings. The van der Waals surface area contributed by atoms with Crippen LogP contribution in [-0.4, -0.2) is 43.2 Å². The van der Waals surface area contributed by atoms with Gasteiger partial charge in [0.05, 0.1) is 20.1 Å². The lowest BCUT2D eigenvalue weighted by Gasteiger charge is -2.22. The molecule has 2 amide bonds. The molecule has 2 rings (SSSR count). The Hall–Kier alpha value is -3.19. The van der Waals surface area contributed by atoms with Crippen molar-refractivity contribution in [2.45, 2.75) is 44.9 Å². The maximum absolute atomic E-state index is 12.7. The van der Waals surface area contributed by atoms with Gasteiger partial charge in [-0.3, -0.25) is 14.4 Å². The fourth-order valence-corrected chi connectivity index (χ4v) is 3.32. The van der Waals surface area contributed by atoms with Crippen LogP contribution in [0.2, 0.25) is 0 Å². The molecule has 2 aromatic rings. The smallest absolute Gasteiger partial charge is 0.305 e. The van der Waals surface area contributed by atoms with Crippen LogP contribution in [0, 0.1) is 0 Å². The molecule has 0 saturated heterocycles. The molecule has 32 heavy (non-hydrogen) atoms. The topological polar surface area (TPSA) is 95.9 Å². The lowest BCUT2D eigenvalue weighted by molar-refractivity contribution is -0.140. The molecule has 7 heteroatoms. The minimum atomic E-state index is -0.200. The Kier molecular flexibility index (Phi) is 11.0. The number of methoxy groups -OCH3 is 1. The number of nitrogens with one attached hydrogen (secondary N) is 1. The van der Waals surface area contributed by atoms with Gasteiger partial charge in [-0.25, -0.2) is 0 Å². The predicted molar refractivity (Wildman–Crippen MR) is 124 cm³/mol. The molecule has 0 radical (unpaired) electrons. The van der Waals surface area contributed by atoms with Crippen molar-refractivity contribution in [2.24, 2.45) is 0 Å². The summed E-state index contributed by atoms with van der Waals surface area (Å²) in [6, 6.07) is 16.5. The van der Waals surface area contributed by atoms with Crippen LogP contribution in [0.15, 0.2) is 54.6 Å². The molecule has 0 bridgehead atoms. The second kappa shape index (κ2) is 14.0. The average Bonchev–Trinajstić information content (AvgIpc) is 2.81. The van der Waals surface area contributed by atoms with E-state index in [0.29, 0.717) is 18.5 Å². The number of carbonyl (C=O) groups excluding carboxylic acids is 3. The molecule has 0 saturated carbocycles. The SMILES string of the molecule is COC(=O)CCCCCCC(=O)Nc1ccc(CC(=O)N(CCO)c2ccccc2)cc1. The molecule has 0 aromatic heterocycles. The van der Waals surface area contributed by atoms with Crippen molar-refractivity contribution >= 4 is 29.2 Å². The molecule has 172 valence electrons. The maximum Gasteiger partial charge on any atom is 0.305 e. The summed E-state index contributed by atoms with van der Waals surface area (Å²) in [5.74, 6) is -0.358. The molecule has 2 aromatic carbocycles. The third-order valence-corrected chi connectivity index (χ3v) is 5.05. The number of rotatable bonds is 13. The van der Waals surface area contributed by atoms with E-state index in [9.17, 15) is 19.5 Å². The van der Waals surface area contributed by atoms with Crippen molar-refractivity contribution in [3.63, 3.8) is 0 Å². The van der Waals surface area contributed by atoms with E-state index in [4.69, 9.17) is 0 Å². The number of para-hydroxylation sites is 1. The van der Waals surface area contributed by atoms with Gasteiger partial charge in [0.2, 0.25) is 11.8 Å². The number of nitrogens with zero attached hydrogens (tertiary/aromatic N) is 1. The van der Waals surface area contributed by atoms with Gasteiger partial charge >= 0.3 is 5.97 Å². The van der Waals surface area contributed by atoms with Gasteiger partial charge in [0.25, 0.3) is 0 Å². The highest BCUT2D eigenvalue weighted by molar-refractivity contribution is 5.95. The van der Waals surface area contributed by atoms with E-state index in [1.165, 1.54) is 7.11 Å². The van der Waals surface area contributed by atoms with Crippen LogP contribution >= 0.6 is 0 Å². The summed E-state index contributed by atoms with van der Waals surface area (Å²) >= 11 is 0. The summed E-state index contributed by atoms with van der Waals surface area (Å²) in [6.45, 7) is 0.122. The van der Waals surface area contributed by atoms with Crippen molar-refractivity contribution in [3.8, 4) is 0 Å². The number of amides is 2. The number of aliphatic hydroxyl groups excluding tert-OH is 1. The normalized spacial score (nSPS) is 10.4. The van der Waals surface area contributed by atoms with E-state index in [2.05, 4.69) is 10.1 Å². The van der Waals surface area contributed by atoms with Gasteiger partial charge in [-0.1, -0.05) is 43.2 Å². The van der Waals surface area contributed by atoms with Crippen molar-refractivity contribution < 1.29 is 24.2 Å². The zero-order valence-electron chi connectivity index (χ0n) is 18.6. The first-order chi connectivity index (χ1) is 15.5. The Morgan fingerprint density at radius 3 is 2.19 bits per heavy atom. The maximum atomic E-state index is 12.7. The summed E-state index contributed by atoms with van der Waals surface area (Å²) in [6.07, 6.45) is 4.36.